The standard InChI is InChI=1S/C20H19BrN4O/c1-20(2,3)25-18-7-5-13(21)11-16(18)23-19(25)15-12-14(26)6-8-17(15)24-10-4-9-22-24/h4-12,26H,1-3H3. The lowest BCUT2D eigenvalue weighted by Gasteiger charge is -2.25. The normalized spacial score (nSPS) is 12.0. The van der Waals surface area contributed by atoms with Crippen LogP contribution in [0.1, 0.15) is 20.8 Å². The molecule has 0 saturated carbocycles. The van der Waals surface area contributed by atoms with Crippen molar-refractivity contribution in [2.24, 2.45) is 0 Å². The smallest absolute Gasteiger partial charge is 0.143 e. The molecule has 1 N–H and O–H groups in total. The van der Waals surface area contributed by atoms with Crippen molar-refractivity contribution in [3.63, 3.8) is 0 Å². The van der Waals surface area contributed by atoms with Crippen molar-refractivity contribution >= 4 is 27.0 Å². The molecular weight excluding hydrogens is 392 g/mol. The monoisotopic (exact) mass is 410 g/mol. The number of rotatable bonds is 2. The van der Waals surface area contributed by atoms with Gasteiger partial charge in [0, 0.05) is 28.0 Å². The van der Waals surface area contributed by atoms with Crippen LogP contribution in [-0.2, 0) is 5.54 Å². The molecule has 2 heterocycles. The van der Waals surface area contributed by atoms with Crippen LogP contribution in [0.15, 0.2) is 59.3 Å². The van der Waals surface area contributed by atoms with Gasteiger partial charge in [0.05, 0.1) is 16.7 Å². The lowest BCUT2D eigenvalue weighted by molar-refractivity contribution is 0.412. The topological polar surface area (TPSA) is 55.9 Å². The van der Waals surface area contributed by atoms with Gasteiger partial charge in [-0.3, -0.25) is 0 Å². The highest BCUT2D eigenvalue weighted by atomic mass is 79.9. The molecule has 0 aliphatic carbocycles. The fourth-order valence-corrected chi connectivity index (χ4v) is 3.58. The number of hydrogen-bond donors (Lipinski definition) is 1. The molecule has 132 valence electrons. The van der Waals surface area contributed by atoms with Gasteiger partial charge in [-0.2, -0.15) is 5.10 Å². The molecular formula is C20H19BrN4O. The van der Waals surface area contributed by atoms with E-state index in [0.29, 0.717) is 0 Å². The molecule has 2 aromatic heterocycles. The number of phenolic OH excluding ortho intramolecular Hbond substituents is 1. The second-order valence-electron chi connectivity index (χ2n) is 7.23. The summed E-state index contributed by atoms with van der Waals surface area (Å²) in [5, 5.41) is 14.5. The molecule has 0 spiro atoms. The van der Waals surface area contributed by atoms with E-state index in [1.165, 1.54) is 0 Å². The summed E-state index contributed by atoms with van der Waals surface area (Å²) < 4.78 is 4.98. The van der Waals surface area contributed by atoms with Crippen molar-refractivity contribution in [3.05, 3.63) is 59.3 Å². The van der Waals surface area contributed by atoms with E-state index in [1.54, 1.807) is 23.0 Å². The Labute approximate surface area is 160 Å². The number of hydrogen-bond acceptors (Lipinski definition) is 3. The average molecular weight is 411 g/mol. The van der Waals surface area contributed by atoms with Crippen molar-refractivity contribution < 1.29 is 5.11 Å². The summed E-state index contributed by atoms with van der Waals surface area (Å²) in [4.78, 5) is 4.90. The molecule has 2 aromatic carbocycles. The first-order valence-corrected chi connectivity index (χ1v) is 9.16. The minimum absolute atomic E-state index is 0.190. The highest BCUT2D eigenvalue weighted by molar-refractivity contribution is 9.10. The lowest BCUT2D eigenvalue weighted by atomic mass is 10.1. The summed E-state index contributed by atoms with van der Waals surface area (Å²) in [5.41, 5.74) is 3.46. The maximum absolute atomic E-state index is 10.1. The van der Waals surface area contributed by atoms with Gasteiger partial charge < -0.3 is 9.67 Å². The van der Waals surface area contributed by atoms with Crippen LogP contribution in [0.3, 0.4) is 0 Å². The Hall–Kier alpha value is -2.60. The van der Waals surface area contributed by atoms with Crippen LogP contribution in [0, 0.1) is 0 Å². The maximum Gasteiger partial charge on any atom is 0.143 e. The summed E-state index contributed by atoms with van der Waals surface area (Å²) in [7, 11) is 0. The molecule has 0 bridgehead atoms. The van der Waals surface area contributed by atoms with E-state index < -0.39 is 0 Å². The second kappa shape index (κ2) is 5.99. The molecule has 6 heteroatoms. The van der Waals surface area contributed by atoms with Gasteiger partial charge in [-0.15, -0.1) is 0 Å². The zero-order valence-electron chi connectivity index (χ0n) is 14.8. The maximum atomic E-state index is 10.1. The number of benzene rings is 2. The molecule has 0 aliphatic heterocycles. The summed E-state index contributed by atoms with van der Waals surface area (Å²) in [6.07, 6.45) is 3.62. The Morgan fingerprint density at radius 1 is 1.08 bits per heavy atom. The molecule has 0 aliphatic rings. The van der Waals surface area contributed by atoms with E-state index >= 15 is 0 Å². The quantitative estimate of drug-likeness (QED) is 0.499. The third-order valence-electron chi connectivity index (χ3n) is 4.26. The van der Waals surface area contributed by atoms with Crippen molar-refractivity contribution in [1.29, 1.82) is 0 Å². The highest BCUT2D eigenvalue weighted by Crippen LogP contribution is 2.36. The number of aromatic nitrogens is 4. The predicted octanol–water partition coefficient (Wildman–Crippen LogP) is 5.11. The Morgan fingerprint density at radius 2 is 1.88 bits per heavy atom. The van der Waals surface area contributed by atoms with Gasteiger partial charge in [-0.25, -0.2) is 9.67 Å². The van der Waals surface area contributed by atoms with Gasteiger partial charge in [0.25, 0.3) is 0 Å². The molecule has 0 unspecified atom stereocenters. The van der Waals surface area contributed by atoms with Gasteiger partial charge in [-0.05, 0) is 63.2 Å². The Morgan fingerprint density at radius 3 is 2.58 bits per heavy atom. The van der Waals surface area contributed by atoms with Crippen LogP contribution >= 0.6 is 15.9 Å². The van der Waals surface area contributed by atoms with Crippen LogP contribution < -0.4 is 0 Å². The van der Waals surface area contributed by atoms with Crippen molar-refractivity contribution in [3.8, 4) is 22.8 Å². The Balaban J connectivity index is 2.08. The average Bonchev–Trinajstić information content (AvgIpc) is 3.20. The van der Waals surface area contributed by atoms with Crippen molar-refractivity contribution in [2.45, 2.75) is 26.3 Å². The van der Waals surface area contributed by atoms with Crippen molar-refractivity contribution in [1.82, 2.24) is 19.3 Å². The first kappa shape index (κ1) is 16.8. The number of aromatic hydroxyl groups is 1. The van der Waals surface area contributed by atoms with E-state index in [1.807, 2.05) is 30.5 Å². The number of halogens is 1. The minimum Gasteiger partial charge on any atom is -0.508 e. The molecule has 0 amide bonds. The molecule has 4 aromatic rings. The second-order valence-corrected chi connectivity index (χ2v) is 8.14. The first-order chi connectivity index (χ1) is 12.3. The van der Waals surface area contributed by atoms with E-state index in [0.717, 1.165) is 32.6 Å². The molecule has 0 radical (unpaired) electrons. The van der Waals surface area contributed by atoms with Crippen molar-refractivity contribution in [2.75, 3.05) is 0 Å². The predicted molar refractivity (Wildman–Crippen MR) is 107 cm³/mol. The molecule has 26 heavy (non-hydrogen) atoms. The van der Waals surface area contributed by atoms with Crippen LogP contribution in [0.25, 0.3) is 28.1 Å². The Kier molecular flexibility index (Phi) is 3.88. The van der Waals surface area contributed by atoms with E-state index in [2.05, 4.69) is 52.4 Å². The Bertz CT molecular complexity index is 1090. The number of imidazole rings is 1. The minimum atomic E-state index is -0.190. The van der Waals surface area contributed by atoms with E-state index in [4.69, 9.17) is 4.98 Å². The summed E-state index contributed by atoms with van der Waals surface area (Å²) in [6, 6.07) is 13.2. The van der Waals surface area contributed by atoms with Crippen LogP contribution in [0.5, 0.6) is 5.75 Å². The van der Waals surface area contributed by atoms with Gasteiger partial charge in [0.2, 0.25) is 0 Å². The molecule has 5 nitrogen and oxygen atoms in total. The van der Waals surface area contributed by atoms with Crippen LogP contribution in [-0.4, -0.2) is 24.4 Å². The lowest BCUT2D eigenvalue weighted by Crippen LogP contribution is -2.23. The summed E-state index contributed by atoms with van der Waals surface area (Å²) in [6.45, 7) is 6.45. The van der Waals surface area contributed by atoms with Crippen LogP contribution in [0.4, 0.5) is 0 Å². The number of fused-ring (bicyclic) bond motifs is 1. The fourth-order valence-electron chi connectivity index (χ4n) is 3.23. The molecule has 0 atom stereocenters. The van der Waals surface area contributed by atoms with Gasteiger partial charge in [-0.1, -0.05) is 15.9 Å². The SMILES string of the molecule is CC(C)(C)n1c(-c2cc(O)ccc2-n2cccn2)nc2cc(Br)ccc21. The molecule has 4 rings (SSSR count). The van der Waals surface area contributed by atoms with Gasteiger partial charge >= 0.3 is 0 Å². The first-order valence-electron chi connectivity index (χ1n) is 8.36. The zero-order valence-corrected chi connectivity index (χ0v) is 16.4. The van der Waals surface area contributed by atoms with Gasteiger partial charge in [0.1, 0.15) is 11.6 Å². The summed E-state index contributed by atoms with van der Waals surface area (Å²) >= 11 is 3.53. The van der Waals surface area contributed by atoms with E-state index in [-0.39, 0.29) is 11.3 Å². The largest absolute Gasteiger partial charge is 0.508 e. The molecule has 0 saturated heterocycles. The third kappa shape index (κ3) is 2.80. The third-order valence-corrected chi connectivity index (χ3v) is 4.75. The fraction of sp³-hybridized carbons (Fsp3) is 0.200. The number of phenols is 1. The van der Waals surface area contributed by atoms with Gasteiger partial charge in [0.15, 0.2) is 0 Å². The highest BCUT2D eigenvalue weighted by Gasteiger charge is 2.24. The zero-order chi connectivity index (χ0) is 18.5. The number of nitrogens with zero attached hydrogens (tertiary/aromatic N) is 4. The summed E-state index contributed by atoms with van der Waals surface area (Å²) in [5.74, 6) is 0.997. The van der Waals surface area contributed by atoms with Crippen LogP contribution in [0.2, 0.25) is 0 Å². The van der Waals surface area contributed by atoms with E-state index in [9.17, 15) is 5.11 Å². The molecule has 0 fully saturated rings.